The molecule has 1 aromatic rings. The van der Waals surface area contributed by atoms with E-state index in [1.54, 1.807) is 19.1 Å². The number of anilines is 1. The lowest BCUT2D eigenvalue weighted by Gasteiger charge is -2.14. The van der Waals surface area contributed by atoms with Crippen molar-refractivity contribution in [2.24, 2.45) is 0 Å². The standard InChI is InChI=1S/C13H16N2O2/c1-4-17-13(16)12(9-14)10-5-7-11(8-6-10)15(2)3/h5-8,12H,4H2,1-3H3. The Bertz CT molecular complexity index is 418. The molecule has 0 aliphatic heterocycles. The van der Waals surface area contributed by atoms with Crippen molar-refractivity contribution in [1.29, 1.82) is 5.26 Å². The molecule has 0 N–H and O–H groups in total. The number of nitrogens with zero attached hydrogens (tertiary/aromatic N) is 2. The topological polar surface area (TPSA) is 53.3 Å². The highest BCUT2D eigenvalue weighted by Crippen LogP contribution is 2.20. The molecule has 0 fully saturated rings. The van der Waals surface area contributed by atoms with Gasteiger partial charge in [-0.1, -0.05) is 12.1 Å². The molecule has 0 aliphatic carbocycles. The van der Waals surface area contributed by atoms with Crippen LogP contribution in [0.4, 0.5) is 5.69 Å². The van der Waals surface area contributed by atoms with Gasteiger partial charge in [-0.2, -0.15) is 5.26 Å². The Hall–Kier alpha value is -2.02. The number of nitriles is 1. The molecule has 4 heteroatoms. The van der Waals surface area contributed by atoms with E-state index in [1.165, 1.54) is 0 Å². The van der Waals surface area contributed by atoms with E-state index in [9.17, 15) is 4.79 Å². The van der Waals surface area contributed by atoms with Gasteiger partial charge < -0.3 is 9.64 Å². The van der Waals surface area contributed by atoms with Crippen molar-refractivity contribution in [3.05, 3.63) is 29.8 Å². The predicted octanol–water partition coefficient (Wildman–Crippen LogP) is 1.92. The minimum atomic E-state index is -0.842. The summed E-state index contributed by atoms with van der Waals surface area (Å²) in [5, 5.41) is 8.99. The summed E-state index contributed by atoms with van der Waals surface area (Å²) in [4.78, 5) is 13.5. The van der Waals surface area contributed by atoms with E-state index in [-0.39, 0.29) is 6.61 Å². The van der Waals surface area contributed by atoms with Gasteiger partial charge in [-0.05, 0) is 24.6 Å². The molecule has 1 unspecified atom stereocenters. The molecule has 1 aromatic carbocycles. The zero-order chi connectivity index (χ0) is 12.8. The van der Waals surface area contributed by atoms with Crippen molar-refractivity contribution < 1.29 is 9.53 Å². The van der Waals surface area contributed by atoms with E-state index >= 15 is 0 Å². The Labute approximate surface area is 101 Å². The zero-order valence-electron chi connectivity index (χ0n) is 10.3. The van der Waals surface area contributed by atoms with Crippen LogP contribution in [0, 0.1) is 11.3 Å². The van der Waals surface area contributed by atoms with E-state index in [1.807, 2.05) is 37.2 Å². The predicted molar refractivity (Wildman–Crippen MR) is 65.8 cm³/mol. The summed E-state index contributed by atoms with van der Waals surface area (Å²) in [5.41, 5.74) is 1.69. The zero-order valence-corrected chi connectivity index (χ0v) is 10.3. The van der Waals surface area contributed by atoms with E-state index in [4.69, 9.17) is 10.00 Å². The van der Waals surface area contributed by atoms with Gasteiger partial charge in [0.1, 0.15) is 0 Å². The molecule has 0 saturated heterocycles. The van der Waals surface area contributed by atoms with Crippen LogP contribution >= 0.6 is 0 Å². The van der Waals surface area contributed by atoms with Crippen molar-refractivity contribution in [3.8, 4) is 6.07 Å². The highest BCUT2D eigenvalue weighted by Gasteiger charge is 2.21. The van der Waals surface area contributed by atoms with Gasteiger partial charge in [0, 0.05) is 19.8 Å². The van der Waals surface area contributed by atoms with Crippen LogP contribution in [-0.2, 0) is 9.53 Å². The summed E-state index contributed by atoms with van der Waals surface area (Å²) in [6.45, 7) is 2.01. The van der Waals surface area contributed by atoms with Crippen LogP contribution in [0.2, 0.25) is 0 Å². The molecule has 0 aromatic heterocycles. The number of carbonyl (C=O) groups excluding carboxylic acids is 1. The van der Waals surface area contributed by atoms with Crippen LogP contribution in [-0.4, -0.2) is 26.7 Å². The molecule has 0 heterocycles. The molecule has 0 bridgehead atoms. The highest BCUT2D eigenvalue weighted by atomic mass is 16.5. The summed E-state index contributed by atoms with van der Waals surface area (Å²) in [6, 6.07) is 9.27. The van der Waals surface area contributed by atoms with Gasteiger partial charge in [0.15, 0.2) is 5.92 Å². The summed E-state index contributed by atoms with van der Waals surface area (Å²) in [5.74, 6) is -1.33. The second-order valence-corrected chi connectivity index (χ2v) is 3.80. The molecule has 0 radical (unpaired) electrons. The fourth-order valence-electron chi connectivity index (χ4n) is 1.45. The van der Waals surface area contributed by atoms with Crippen molar-refractivity contribution in [2.75, 3.05) is 25.6 Å². The lowest BCUT2D eigenvalue weighted by molar-refractivity contribution is -0.143. The molecule has 1 rings (SSSR count). The number of carbonyl (C=O) groups is 1. The second-order valence-electron chi connectivity index (χ2n) is 3.80. The van der Waals surface area contributed by atoms with Crippen molar-refractivity contribution >= 4 is 11.7 Å². The van der Waals surface area contributed by atoms with Gasteiger partial charge in [-0.3, -0.25) is 4.79 Å². The summed E-state index contributed by atoms with van der Waals surface area (Å²) in [7, 11) is 3.87. The van der Waals surface area contributed by atoms with Crippen LogP contribution in [0.25, 0.3) is 0 Å². The largest absolute Gasteiger partial charge is 0.465 e. The molecule has 17 heavy (non-hydrogen) atoms. The Balaban J connectivity index is 2.91. The van der Waals surface area contributed by atoms with Gasteiger partial charge >= 0.3 is 5.97 Å². The molecule has 0 spiro atoms. The maximum Gasteiger partial charge on any atom is 0.327 e. The lowest BCUT2D eigenvalue weighted by Crippen LogP contribution is -2.15. The Kier molecular flexibility index (Phi) is 4.53. The fraction of sp³-hybridized carbons (Fsp3) is 0.385. The van der Waals surface area contributed by atoms with Crippen LogP contribution in [0.5, 0.6) is 0 Å². The number of hydrogen-bond acceptors (Lipinski definition) is 4. The van der Waals surface area contributed by atoms with Crippen molar-refractivity contribution in [2.45, 2.75) is 12.8 Å². The third kappa shape index (κ3) is 3.22. The van der Waals surface area contributed by atoms with Crippen molar-refractivity contribution in [3.63, 3.8) is 0 Å². The third-order valence-electron chi connectivity index (χ3n) is 2.39. The summed E-state index contributed by atoms with van der Waals surface area (Å²) in [6.07, 6.45) is 0. The van der Waals surface area contributed by atoms with Crippen LogP contribution < -0.4 is 4.90 Å². The lowest BCUT2D eigenvalue weighted by atomic mass is 10.0. The third-order valence-corrected chi connectivity index (χ3v) is 2.39. The van der Waals surface area contributed by atoms with Crippen molar-refractivity contribution in [1.82, 2.24) is 0 Å². The quantitative estimate of drug-likeness (QED) is 0.744. The smallest absolute Gasteiger partial charge is 0.327 e. The van der Waals surface area contributed by atoms with E-state index < -0.39 is 11.9 Å². The van der Waals surface area contributed by atoms with Crippen LogP contribution in [0.1, 0.15) is 18.4 Å². The fourth-order valence-corrected chi connectivity index (χ4v) is 1.45. The first kappa shape index (κ1) is 13.0. The first-order valence-corrected chi connectivity index (χ1v) is 5.43. The highest BCUT2D eigenvalue weighted by molar-refractivity contribution is 5.81. The maximum atomic E-state index is 11.5. The van der Waals surface area contributed by atoms with Crippen LogP contribution in [0.15, 0.2) is 24.3 Å². The molecule has 0 saturated carbocycles. The normalized spacial score (nSPS) is 11.4. The second kappa shape index (κ2) is 5.90. The minimum Gasteiger partial charge on any atom is -0.465 e. The number of hydrogen-bond donors (Lipinski definition) is 0. The van der Waals surface area contributed by atoms with Gasteiger partial charge in [0.05, 0.1) is 12.7 Å². The van der Waals surface area contributed by atoms with E-state index in [2.05, 4.69) is 0 Å². The average molecular weight is 232 g/mol. The summed E-state index contributed by atoms with van der Waals surface area (Å²) >= 11 is 0. The molecule has 0 aliphatic rings. The van der Waals surface area contributed by atoms with Crippen LogP contribution in [0.3, 0.4) is 0 Å². The van der Waals surface area contributed by atoms with Gasteiger partial charge in [0.25, 0.3) is 0 Å². The summed E-state index contributed by atoms with van der Waals surface area (Å²) < 4.78 is 4.86. The molecular formula is C13H16N2O2. The number of benzene rings is 1. The molecule has 4 nitrogen and oxygen atoms in total. The Morgan fingerprint density at radius 3 is 2.41 bits per heavy atom. The number of rotatable bonds is 4. The molecule has 1 atom stereocenters. The molecule has 0 amide bonds. The van der Waals surface area contributed by atoms with Gasteiger partial charge in [-0.15, -0.1) is 0 Å². The average Bonchev–Trinajstić information content (AvgIpc) is 2.31. The Morgan fingerprint density at radius 2 is 2.00 bits per heavy atom. The SMILES string of the molecule is CCOC(=O)C(C#N)c1ccc(N(C)C)cc1. The van der Waals surface area contributed by atoms with E-state index in [0.29, 0.717) is 5.56 Å². The Morgan fingerprint density at radius 1 is 1.41 bits per heavy atom. The monoisotopic (exact) mass is 232 g/mol. The number of ether oxygens (including phenoxy) is 1. The molecular weight excluding hydrogens is 216 g/mol. The first-order valence-electron chi connectivity index (χ1n) is 5.43. The first-order chi connectivity index (χ1) is 8.10. The van der Waals surface area contributed by atoms with Gasteiger partial charge in [-0.25, -0.2) is 0 Å². The molecule has 90 valence electrons. The maximum absolute atomic E-state index is 11.5. The van der Waals surface area contributed by atoms with Gasteiger partial charge in [0.2, 0.25) is 0 Å². The van der Waals surface area contributed by atoms with E-state index in [0.717, 1.165) is 5.69 Å². The number of esters is 1. The minimum absolute atomic E-state index is 0.285.